The Morgan fingerprint density at radius 1 is 0.897 bits per heavy atom. The van der Waals surface area contributed by atoms with Crippen LogP contribution in [0.15, 0.2) is 48.7 Å². The van der Waals surface area contributed by atoms with Crippen LogP contribution in [0.25, 0.3) is 22.0 Å². The number of hydrogen-bond donors (Lipinski definition) is 0. The van der Waals surface area contributed by atoms with Crippen molar-refractivity contribution in [2.45, 2.75) is 78.1 Å². The number of rotatable bonds is 3. The highest BCUT2D eigenvalue weighted by molar-refractivity contribution is 5.86. The number of benzene rings is 2. The molecule has 1 unspecified atom stereocenters. The normalized spacial score (nSPS) is 16.9. The van der Waals surface area contributed by atoms with E-state index >= 15 is 0 Å². The average molecular weight is 386 g/mol. The molecule has 0 saturated heterocycles. The summed E-state index contributed by atoms with van der Waals surface area (Å²) >= 11 is 0. The second kappa shape index (κ2) is 7.94. The summed E-state index contributed by atoms with van der Waals surface area (Å²) in [6, 6.07) is 16.2. The maximum Gasteiger partial charge on any atom is 0.0708 e. The standard InChI is InChI=1S/C28H35N/c1-19-13-25(16-26(14-19)28(3,4)5)27-17-24-15-22(11-12-23(24)18-29-27)20(2)21-9-7-6-8-10-21/h11-18,20-21H,6-10H2,1-5H3. The van der Waals surface area contributed by atoms with Gasteiger partial charge in [-0.3, -0.25) is 4.98 Å². The second-order valence-electron chi connectivity index (χ2n) is 10.2. The maximum atomic E-state index is 4.81. The van der Waals surface area contributed by atoms with Crippen molar-refractivity contribution in [1.29, 1.82) is 0 Å². The van der Waals surface area contributed by atoms with Crippen LogP contribution in [0.5, 0.6) is 0 Å². The molecule has 1 aliphatic carbocycles. The quantitative estimate of drug-likeness (QED) is 0.443. The Morgan fingerprint density at radius 2 is 1.66 bits per heavy atom. The number of fused-ring (bicyclic) bond motifs is 1. The van der Waals surface area contributed by atoms with Crippen molar-refractivity contribution >= 4 is 10.8 Å². The Bertz CT molecular complexity index is 1000. The Kier molecular flexibility index (Phi) is 5.51. The van der Waals surface area contributed by atoms with Crippen LogP contribution in [0.3, 0.4) is 0 Å². The number of hydrogen-bond acceptors (Lipinski definition) is 1. The van der Waals surface area contributed by atoms with E-state index in [4.69, 9.17) is 4.98 Å². The van der Waals surface area contributed by atoms with E-state index in [9.17, 15) is 0 Å². The Morgan fingerprint density at radius 3 is 2.38 bits per heavy atom. The lowest BCUT2D eigenvalue weighted by atomic mass is 9.77. The van der Waals surface area contributed by atoms with Gasteiger partial charge in [0, 0.05) is 17.1 Å². The molecule has 1 heterocycles. The van der Waals surface area contributed by atoms with Crippen molar-refractivity contribution in [3.05, 3.63) is 65.4 Å². The zero-order valence-electron chi connectivity index (χ0n) is 18.8. The van der Waals surface area contributed by atoms with E-state index in [0.29, 0.717) is 5.92 Å². The topological polar surface area (TPSA) is 12.9 Å². The summed E-state index contributed by atoms with van der Waals surface area (Å²) in [5, 5.41) is 2.55. The summed E-state index contributed by atoms with van der Waals surface area (Å²) in [5.74, 6) is 1.48. The molecule has 1 aliphatic rings. The second-order valence-corrected chi connectivity index (χ2v) is 10.2. The smallest absolute Gasteiger partial charge is 0.0708 e. The minimum Gasteiger partial charge on any atom is -0.256 e. The predicted octanol–water partition coefficient (Wildman–Crippen LogP) is 8.19. The lowest BCUT2D eigenvalue weighted by Crippen LogP contribution is -2.13. The number of nitrogens with zero attached hydrogens (tertiary/aromatic N) is 1. The van der Waals surface area contributed by atoms with E-state index in [1.54, 1.807) is 0 Å². The molecule has 0 amide bonds. The van der Waals surface area contributed by atoms with Gasteiger partial charge in [0.1, 0.15) is 0 Å². The number of aromatic nitrogens is 1. The molecule has 1 fully saturated rings. The van der Waals surface area contributed by atoms with E-state index in [-0.39, 0.29) is 5.41 Å². The molecule has 0 radical (unpaired) electrons. The van der Waals surface area contributed by atoms with Crippen molar-refractivity contribution in [2.75, 3.05) is 0 Å². The molecular formula is C28H35N. The Balaban J connectivity index is 1.71. The average Bonchev–Trinajstić information content (AvgIpc) is 2.72. The minimum atomic E-state index is 0.139. The van der Waals surface area contributed by atoms with Crippen LogP contribution in [0.4, 0.5) is 0 Å². The van der Waals surface area contributed by atoms with Gasteiger partial charge < -0.3 is 0 Å². The molecule has 0 aliphatic heterocycles. The Labute approximate surface area is 176 Å². The first kappa shape index (κ1) is 20.1. The van der Waals surface area contributed by atoms with Crippen molar-refractivity contribution in [2.24, 2.45) is 5.92 Å². The summed E-state index contributed by atoms with van der Waals surface area (Å²) in [6.07, 6.45) is 9.04. The molecule has 0 spiro atoms. The van der Waals surface area contributed by atoms with Crippen LogP contribution in [0, 0.1) is 12.8 Å². The first-order chi connectivity index (χ1) is 13.8. The fourth-order valence-electron chi connectivity index (χ4n) is 4.87. The first-order valence-electron chi connectivity index (χ1n) is 11.3. The fourth-order valence-corrected chi connectivity index (χ4v) is 4.87. The molecule has 1 nitrogen and oxygen atoms in total. The van der Waals surface area contributed by atoms with Crippen LogP contribution in [0.2, 0.25) is 0 Å². The molecule has 152 valence electrons. The summed E-state index contributed by atoms with van der Waals surface area (Å²) in [7, 11) is 0. The van der Waals surface area contributed by atoms with Crippen LogP contribution in [0.1, 0.15) is 82.4 Å². The van der Waals surface area contributed by atoms with Crippen LogP contribution in [-0.2, 0) is 5.41 Å². The van der Waals surface area contributed by atoms with E-state index in [2.05, 4.69) is 77.1 Å². The van der Waals surface area contributed by atoms with Crippen molar-refractivity contribution in [3.8, 4) is 11.3 Å². The van der Waals surface area contributed by atoms with Gasteiger partial charge in [0.2, 0.25) is 0 Å². The van der Waals surface area contributed by atoms with E-state index in [1.165, 1.54) is 65.1 Å². The third kappa shape index (κ3) is 4.39. The third-order valence-electron chi connectivity index (χ3n) is 6.87. The third-order valence-corrected chi connectivity index (χ3v) is 6.87. The lowest BCUT2D eigenvalue weighted by molar-refractivity contribution is 0.316. The highest BCUT2D eigenvalue weighted by atomic mass is 14.7. The zero-order valence-corrected chi connectivity index (χ0v) is 18.8. The number of aryl methyl sites for hydroxylation is 1. The molecule has 1 atom stereocenters. The molecule has 4 rings (SSSR count). The molecule has 1 heteroatoms. The van der Waals surface area contributed by atoms with Gasteiger partial charge in [0.15, 0.2) is 0 Å². The minimum absolute atomic E-state index is 0.139. The highest BCUT2D eigenvalue weighted by Crippen LogP contribution is 2.37. The van der Waals surface area contributed by atoms with Crippen LogP contribution in [-0.4, -0.2) is 4.98 Å². The van der Waals surface area contributed by atoms with Gasteiger partial charge in [-0.25, -0.2) is 0 Å². The van der Waals surface area contributed by atoms with Gasteiger partial charge in [0.05, 0.1) is 5.69 Å². The van der Waals surface area contributed by atoms with Crippen LogP contribution >= 0.6 is 0 Å². The maximum absolute atomic E-state index is 4.81. The highest BCUT2D eigenvalue weighted by Gasteiger charge is 2.21. The predicted molar refractivity (Wildman–Crippen MR) is 126 cm³/mol. The van der Waals surface area contributed by atoms with Crippen molar-refractivity contribution < 1.29 is 0 Å². The monoisotopic (exact) mass is 385 g/mol. The number of pyridine rings is 1. The Hall–Kier alpha value is -2.15. The molecular weight excluding hydrogens is 350 g/mol. The summed E-state index contributed by atoms with van der Waals surface area (Å²) < 4.78 is 0. The van der Waals surface area contributed by atoms with E-state index < -0.39 is 0 Å². The molecule has 1 aromatic heterocycles. The van der Waals surface area contributed by atoms with Crippen LogP contribution < -0.4 is 0 Å². The summed E-state index contributed by atoms with van der Waals surface area (Å²) in [4.78, 5) is 4.81. The molecule has 3 aromatic rings. The fraction of sp³-hybridized carbons (Fsp3) is 0.464. The molecule has 2 aromatic carbocycles. The molecule has 29 heavy (non-hydrogen) atoms. The van der Waals surface area contributed by atoms with Gasteiger partial charge in [0.25, 0.3) is 0 Å². The van der Waals surface area contributed by atoms with E-state index in [1.807, 2.05) is 6.20 Å². The van der Waals surface area contributed by atoms with Gasteiger partial charge in [-0.05, 0) is 71.7 Å². The van der Waals surface area contributed by atoms with E-state index in [0.717, 1.165) is 11.6 Å². The van der Waals surface area contributed by atoms with Crippen molar-refractivity contribution in [1.82, 2.24) is 4.98 Å². The first-order valence-corrected chi connectivity index (χ1v) is 11.3. The summed E-state index contributed by atoms with van der Waals surface area (Å²) in [5.41, 5.74) is 6.60. The van der Waals surface area contributed by atoms with Crippen molar-refractivity contribution in [3.63, 3.8) is 0 Å². The molecule has 0 N–H and O–H groups in total. The van der Waals surface area contributed by atoms with Gasteiger partial charge in [-0.15, -0.1) is 0 Å². The van der Waals surface area contributed by atoms with Gasteiger partial charge in [-0.1, -0.05) is 76.8 Å². The molecule has 0 bridgehead atoms. The largest absolute Gasteiger partial charge is 0.256 e. The van der Waals surface area contributed by atoms with Gasteiger partial charge >= 0.3 is 0 Å². The van der Waals surface area contributed by atoms with Gasteiger partial charge in [-0.2, -0.15) is 0 Å². The molecule has 1 saturated carbocycles. The SMILES string of the molecule is Cc1cc(-c2cc3cc(C(C)C4CCCCC4)ccc3cn2)cc(C(C)(C)C)c1. The summed E-state index contributed by atoms with van der Waals surface area (Å²) in [6.45, 7) is 11.4. The zero-order chi connectivity index (χ0) is 20.6. The lowest BCUT2D eigenvalue weighted by Gasteiger charge is -2.28.